The summed E-state index contributed by atoms with van der Waals surface area (Å²) >= 11 is 5.86. The highest BCUT2D eigenvalue weighted by Gasteiger charge is 2.20. The number of pyridine rings is 1. The number of carboxylic acids is 1. The Morgan fingerprint density at radius 1 is 1.18 bits per heavy atom. The van der Waals surface area contributed by atoms with Crippen LogP contribution in [0.3, 0.4) is 0 Å². The fraction of sp³-hybridized carbons (Fsp3) is 0.167. The van der Waals surface area contributed by atoms with Crippen molar-refractivity contribution in [1.82, 2.24) is 14.5 Å². The molecule has 0 fully saturated rings. The number of nitrogens with one attached hydrogen (secondary N) is 1. The van der Waals surface area contributed by atoms with E-state index in [4.69, 9.17) is 16.6 Å². The summed E-state index contributed by atoms with van der Waals surface area (Å²) in [4.78, 5) is 33.4. The van der Waals surface area contributed by atoms with E-state index in [9.17, 15) is 19.1 Å². The van der Waals surface area contributed by atoms with Gasteiger partial charge in [-0.2, -0.15) is 0 Å². The molecule has 0 aliphatic carbocycles. The third kappa shape index (κ3) is 4.29. The summed E-state index contributed by atoms with van der Waals surface area (Å²) in [5, 5.41) is 13.1. The SMILES string of the molecule is Cc1cc(C(C)Nc2ccc(Cl)nc2C(=O)O)c2nc(-c3cccc(F)c3)n(C)c(=O)c2c1. The van der Waals surface area contributed by atoms with Crippen LogP contribution in [0, 0.1) is 12.7 Å². The lowest BCUT2D eigenvalue weighted by molar-refractivity contribution is 0.0691. The molecule has 0 saturated carbocycles. The van der Waals surface area contributed by atoms with Gasteiger partial charge in [0.2, 0.25) is 0 Å². The normalized spacial score (nSPS) is 12.0. The number of anilines is 1. The van der Waals surface area contributed by atoms with Crippen molar-refractivity contribution in [3.8, 4) is 11.4 Å². The molecule has 4 rings (SSSR count). The molecule has 0 aliphatic heterocycles. The molecule has 2 heterocycles. The molecule has 0 spiro atoms. The number of nitrogens with zero attached hydrogens (tertiary/aromatic N) is 3. The van der Waals surface area contributed by atoms with Crippen LogP contribution in [-0.4, -0.2) is 25.6 Å². The first-order valence-electron chi connectivity index (χ1n) is 10.1. The number of carbonyl (C=O) groups is 1. The van der Waals surface area contributed by atoms with Crippen molar-refractivity contribution in [2.45, 2.75) is 19.9 Å². The molecule has 2 N–H and O–H groups in total. The number of aromatic nitrogens is 3. The number of hydrogen-bond donors (Lipinski definition) is 2. The van der Waals surface area contributed by atoms with E-state index >= 15 is 0 Å². The Balaban J connectivity index is 1.89. The molecule has 0 aliphatic rings. The summed E-state index contributed by atoms with van der Waals surface area (Å²) in [6.45, 7) is 3.69. The van der Waals surface area contributed by atoms with Gasteiger partial charge in [-0.3, -0.25) is 9.36 Å². The maximum absolute atomic E-state index is 13.8. The van der Waals surface area contributed by atoms with Gasteiger partial charge in [0.05, 0.1) is 22.6 Å². The van der Waals surface area contributed by atoms with Gasteiger partial charge in [0.1, 0.15) is 16.8 Å². The summed E-state index contributed by atoms with van der Waals surface area (Å²) in [5.41, 5.74) is 2.25. The number of hydrogen-bond acceptors (Lipinski definition) is 5. The van der Waals surface area contributed by atoms with Gasteiger partial charge in [-0.15, -0.1) is 0 Å². The molecule has 4 aromatic rings. The van der Waals surface area contributed by atoms with E-state index in [0.29, 0.717) is 27.9 Å². The molecule has 0 amide bonds. The highest BCUT2D eigenvalue weighted by molar-refractivity contribution is 6.29. The lowest BCUT2D eigenvalue weighted by atomic mass is 10.0. The van der Waals surface area contributed by atoms with Crippen molar-refractivity contribution in [2.24, 2.45) is 7.05 Å². The smallest absolute Gasteiger partial charge is 0.356 e. The second-order valence-corrected chi connectivity index (χ2v) is 8.15. The monoisotopic (exact) mass is 466 g/mol. The topological polar surface area (TPSA) is 97.1 Å². The molecule has 9 heteroatoms. The number of benzene rings is 2. The quantitative estimate of drug-likeness (QED) is 0.403. The Kier molecular flexibility index (Phi) is 5.86. The lowest BCUT2D eigenvalue weighted by Gasteiger charge is -2.20. The molecule has 0 bridgehead atoms. The maximum Gasteiger partial charge on any atom is 0.356 e. The van der Waals surface area contributed by atoms with Crippen LogP contribution in [0.15, 0.2) is 53.3 Å². The van der Waals surface area contributed by atoms with Crippen LogP contribution in [0.1, 0.15) is 34.6 Å². The van der Waals surface area contributed by atoms with Crippen molar-refractivity contribution in [1.29, 1.82) is 0 Å². The number of aromatic carboxylic acids is 1. The van der Waals surface area contributed by atoms with Crippen LogP contribution in [0.4, 0.5) is 10.1 Å². The van der Waals surface area contributed by atoms with Crippen LogP contribution >= 0.6 is 11.6 Å². The zero-order valence-electron chi connectivity index (χ0n) is 18.1. The third-order valence-corrected chi connectivity index (χ3v) is 5.55. The van der Waals surface area contributed by atoms with Gasteiger partial charge in [-0.25, -0.2) is 19.2 Å². The van der Waals surface area contributed by atoms with E-state index in [1.54, 1.807) is 25.2 Å². The average molecular weight is 467 g/mol. The van der Waals surface area contributed by atoms with Crippen molar-refractivity contribution in [3.05, 3.63) is 86.7 Å². The Labute approximate surface area is 193 Å². The second kappa shape index (κ2) is 8.63. The first-order valence-corrected chi connectivity index (χ1v) is 10.5. The van der Waals surface area contributed by atoms with Gasteiger partial charge in [0.25, 0.3) is 5.56 Å². The van der Waals surface area contributed by atoms with Crippen LogP contribution in [0.5, 0.6) is 0 Å². The van der Waals surface area contributed by atoms with Gasteiger partial charge in [-0.05, 0) is 49.7 Å². The Morgan fingerprint density at radius 2 is 1.94 bits per heavy atom. The predicted molar refractivity (Wildman–Crippen MR) is 125 cm³/mol. The molecular weight excluding hydrogens is 447 g/mol. The molecule has 33 heavy (non-hydrogen) atoms. The third-order valence-electron chi connectivity index (χ3n) is 5.34. The Hall–Kier alpha value is -3.78. The molecule has 7 nitrogen and oxygen atoms in total. The number of rotatable bonds is 5. The maximum atomic E-state index is 13.8. The summed E-state index contributed by atoms with van der Waals surface area (Å²) in [6, 6.07) is 12.1. The molecule has 2 aromatic heterocycles. The highest BCUT2D eigenvalue weighted by Crippen LogP contribution is 2.29. The molecule has 0 saturated heterocycles. The number of carboxylic acid groups (broad SMARTS) is 1. The minimum atomic E-state index is -1.22. The van der Waals surface area contributed by atoms with Gasteiger partial charge in [-0.1, -0.05) is 29.8 Å². The van der Waals surface area contributed by atoms with Crippen LogP contribution in [0.25, 0.3) is 22.3 Å². The van der Waals surface area contributed by atoms with Gasteiger partial charge in [0.15, 0.2) is 5.69 Å². The van der Waals surface area contributed by atoms with E-state index in [2.05, 4.69) is 10.3 Å². The highest BCUT2D eigenvalue weighted by atomic mass is 35.5. The fourth-order valence-electron chi connectivity index (χ4n) is 3.79. The number of halogens is 2. The fourth-order valence-corrected chi connectivity index (χ4v) is 3.94. The molecule has 1 atom stereocenters. The van der Waals surface area contributed by atoms with E-state index < -0.39 is 17.8 Å². The molecule has 168 valence electrons. The standard InChI is InChI=1S/C24H20ClFN4O3/c1-12-9-16(13(2)27-18-7-8-19(25)28-21(18)24(32)33)20-17(10-12)23(31)30(3)22(29-20)14-5-4-6-15(26)11-14/h4-11,13,27H,1-3H3,(H,32,33). The number of aryl methyl sites for hydroxylation is 1. The van der Waals surface area contributed by atoms with Crippen LogP contribution < -0.4 is 10.9 Å². The van der Waals surface area contributed by atoms with Crippen molar-refractivity contribution >= 4 is 34.2 Å². The zero-order chi connectivity index (χ0) is 23.9. The largest absolute Gasteiger partial charge is 0.476 e. The minimum Gasteiger partial charge on any atom is -0.476 e. The number of fused-ring (bicyclic) bond motifs is 1. The first-order chi connectivity index (χ1) is 15.7. The molecular formula is C24H20ClFN4O3. The van der Waals surface area contributed by atoms with Gasteiger partial charge in [0, 0.05) is 18.2 Å². The van der Waals surface area contributed by atoms with Crippen molar-refractivity contribution < 1.29 is 14.3 Å². The zero-order valence-corrected chi connectivity index (χ0v) is 18.8. The van der Waals surface area contributed by atoms with Gasteiger partial charge < -0.3 is 10.4 Å². The van der Waals surface area contributed by atoms with E-state index in [0.717, 1.165) is 5.56 Å². The summed E-state index contributed by atoms with van der Waals surface area (Å²) in [6.07, 6.45) is 0. The summed E-state index contributed by atoms with van der Waals surface area (Å²) in [7, 11) is 1.59. The van der Waals surface area contributed by atoms with E-state index in [1.807, 2.05) is 19.9 Å². The molecule has 1 unspecified atom stereocenters. The summed E-state index contributed by atoms with van der Waals surface area (Å²) in [5.74, 6) is -1.33. The molecule has 2 aromatic carbocycles. The lowest BCUT2D eigenvalue weighted by Crippen LogP contribution is -2.22. The van der Waals surface area contributed by atoms with Crippen LogP contribution in [-0.2, 0) is 7.05 Å². The predicted octanol–water partition coefficient (Wildman–Crippen LogP) is 4.97. The van der Waals surface area contributed by atoms with E-state index in [1.165, 1.54) is 28.8 Å². The van der Waals surface area contributed by atoms with Crippen molar-refractivity contribution in [3.63, 3.8) is 0 Å². The van der Waals surface area contributed by atoms with Crippen molar-refractivity contribution in [2.75, 3.05) is 5.32 Å². The Bertz CT molecular complexity index is 1470. The van der Waals surface area contributed by atoms with E-state index in [-0.39, 0.29) is 22.1 Å². The molecule has 0 radical (unpaired) electrons. The average Bonchev–Trinajstić information content (AvgIpc) is 2.77. The Morgan fingerprint density at radius 3 is 2.64 bits per heavy atom. The second-order valence-electron chi connectivity index (χ2n) is 7.76. The van der Waals surface area contributed by atoms with Crippen LogP contribution in [0.2, 0.25) is 5.15 Å². The first kappa shape index (κ1) is 22.4. The summed E-state index contributed by atoms with van der Waals surface area (Å²) < 4.78 is 15.2. The minimum absolute atomic E-state index is 0.0662. The van der Waals surface area contributed by atoms with Gasteiger partial charge >= 0.3 is 5.97 Å².